The van der Waals surface area contributed by atoms with Crippen LogP contribution in [0.3, 0.4) is 0 Å². The second-order valence-corrected chi connectivity index (χ2v) is 5.63. The van der Waals surface area contributed by atoms with Crippen LogP contribution in [0, 0.1) is 12.7 Å². The number of aryl methyl sites for hydroxylation is 2. The lowest BCUT2D eigenvalue weighted by atomic mass is 10.1. The van der Waals surface area contributed by atoms with Crippen LogP contribution in [0.1, 0.15) is 26.6 Å². The van der Waals surface area contributed by atoms with E-state index in [1.165, 1.54) is 12.1 Å². The van der Waals surface area contributed by atoms with Crippen LogP contribution in [0.4, 0.5) is 4.39 Å². The van der Waals surface area contributed by atoms with Crippen LogP contribution < -0.4 is 5.32 Å². The summed E-state index contributed by atoms with van der Waals surface area (Å²) in [4.78, 5) is 35.8. The van der Waals surface area contributed by atoms with E-state index in [2.05, 4.69) is 5.32 Å². The average molecular weight is 358 g/mol. The van der Waals surface area contributed by atoms with Gasteiger partial charge in [-0.25, -0.2) is 9.18 Å². The minimum atomic E-state index is -0.917. The first kappa shape index (κ1) is 17.4. The van der Waals surface area contributed by atoms with Gasteiger partial charge < -0.3 is 13.7 Å². The fourth-order valence-electron chi connectivity index (χ4n) is 2.52. The number of hydrogen-bond donors (Lipinski definition) is 1. The molecule has 0 unspecified atom stereocenters. The molecule has 134 valence electrons. The molecule has 8 heteroatoms. The average Bonchev–Trinajstić information content (AvgIpc) is 3.18. The van der Waals surface area contributed by atoms with E-state index >= 15 is 0 Å². The summed E-state index contributed by atoms with van der Waals surface area (Å²) in [5, 5.41) is 2.56. The number of imide groups is 1. The first-order valence-electron chi connectivity index (χ1n) is 7.68. The second kappa shape index (κ2) is 6.83. The van der Waals surface area contributed by atoms with Crippen molar-refractivity contribution in [2.75, 3.05) is 6.61 Å². The van der Waals surface area contributed by atoms with Gasteiger partial charge in [-0.3, -0.25) is 14.9 Å². The number of esters is 1. The predicted octanol–water partition coefficient (Wildman–Crippen LogP) is 2.33. The van der Waals surface area contributed by atoms with Crippen molar-refractivity contribution in [3.63, 3.8) is 0 Å². The Balaban J connectivity index is 1.65. The standard InChI is InChI=1S/C18H15FN2O5/c1-10-11-5-3-6-12(19)16(11)26-15(10)18(24)25-9-14(22)20-17(23)13-7-4-8-21(13)2/h3-8H,9H2,1-2H3,(H,20,22,23). The molecular weight excluding hydrogens is 343 g/mol. The smallest absolute Gasteiger partial charge is 0.375 e. The van der Waals surface area contributed by atoms with Gasteiger partial charge >= 0.3 is 5.97 Å². The Morgan fingerprint density at radius 1 is 1.23 bits per heavy atom. The summed E-state index contributed by atoms with van der Waals surface area (Å²) in [6.07, 6.45) is 1.66. The number of furan rings is 1. The highest BCUT2D eigenvalue weighted by Gasteiger charge is 2.22. The molecule has 26 heavy (non-hydrogen) atoms. The summed E-state index contributed by atoms with van der Waals surface area (Å²) >= 11 is 0. The zero-order valence-corrected chi connectivity index (χ0v) is 14.0. The van der Waals surface area contributed by atoms with Gasteiger partial charge in [0.05, 0.1) is 0 Å². The number of nitrogens with one attached hydrogen (secondary N) is 1. The van der Waals surface area contributed by atoms with E-state index < -0.39 is 30.2 Å². The molecule has 3 aromatic rings. The van der Waals surface area contributed by atoms with Crippen LogP contribution in [-0.4, -0.2) is 29.0 Å². The van der Waals surface area contributed by atoms with Crippen molar-refractivity contribution >= 4 is 28.8 Å². The van der Waals surface area contributed by atoms with Crippen LogP contribution in [0.5, 0.6) is 0 Å². The maximum atomic E-state index is 13.7. The molecule has 0 aliphatic rings. The van der Waals surface area contributed by atoms with Crippen LogP contribution in [0.15, 0.2) is 40.9 Å². The molecular formula is C18H15FN2O5. The zero-order chi connectivity index (χ0) is 18.8. The topological polar surface area (TPSA) is 90.5 Å². The number of hydrogen-bond acceptors (Lipinski definition) is 5. The number of para-hydroxylation sites is 1. The molecule has 3 rings (SSSR count). The van der Waals surface area contributed by atoms with Crippen molar-refractivity contribution in [3.05, 3.63) is 59.4 Å². The lowest BCUT2D eigenvalue weighted by Gasteiger charge is -2.06. The molecule has 0 fully saturated rings. The summed E-state index contributed by atoms with van der Waals surface area (Å²) in [5.41, 5.74) is 0.637. The highest BCUT2D eigenvalue weighted by atomic mass is 19.1. The van der Waals surface area contributed by atoms with E-state index in [-0.39, 0.29) is 17.0 Å². The Morgan fingerprint density at radius 2 is 2.00 bits per heavy atom. The third kappa shape index (κ3) is 3.21. The number of rotatable bonds is 4. The maximum absolute atomic E-state index is 13.7. The monoisotopic (exact) mass is 358 g/mol. The predicted molar refractivity (Wildman–Crippen MR) is 89.1 cm³/mol. The molecule has 1 N–H and O–H groups in total. The van der Waals surface area contributed by atoms with Gasteiger partial charge in [-0.1, -0.05) is 12.1 Å². The Bertz CT molecular complexity index is 1020. The van der Waals surface area contributed by atoms with Crippen molar-refractivity contribution < 1.29 is 27.9 Å². The lowest BCUT2D eigenvalue weighted by Crippen LogP contribution is -2.35. The number of halogens is 1. The van der Waals surface area contributed by atoms with Gasteiger partial charge in [0.25, 0.3) is 11.8 Å². The molecule has 0 saturated heterocycles. The Labute approximate surface area is 147 Å². The van der Waals surface area contributed by atoms with Crippen molar-refractivity contribution in [2.45, 2.75) is 6.92 Å². The fraction of sp³-hybridized carbons (Fsp3) is 0.167. The Kier molecular flexibility index (Phi) is 4.57. The van der Waals surface area contributed by atoms with Crippen molar-refractivity contribution in [2.24, 2.45) is 7.05 Å². The lowest BCUT2D eigenvalue weighted by molar-refractivity contribution is -0.123. The molecule has 0 saturated carbocycles. The van der Waals surface area contributed by atoms with Crippen LogP contribution >= 0.6 is 0 Å². The van der Waals surface area contributed by atoms with Crippen molar-refractivity contribution in [3.8, 4) is 0 Å². The summed E-state index contributed by atoms with van der Waals surface area (Å²) in [7, 11) is 1.66. The van der Waals surface area contributed by atoms with Crippen LogP contribution in [-0.2, 0) is 16.6 Å². The molecule has 7 nitrogen and oxygen atoms in total. The SMILES string of the molecule is Cc1c(C(=O)OCC(=O)NC(=O)c2cccn2C)oc2c(F)cccc12. The Morgan fingerprint density at radius 3 is 2.65 bits per heavy atom. The quantitative estimate of drug-likeness (QED) is 0.723. The van der Waals surface area contributed by atoms with E-state index in [1.807, 2.05) is 0 Å². The van der Waals surface area contributed by atoms with Gasteiger partial charge in [0.15, 0.2) is 18.0 Å². The van der Waals surface area contributed by atoms with Crippen molar-refractivity contribution in [1.29, 1.82) is 0 Å². The first-order chi connectivity index (χ1) is 12.4. The zero-order valence-electron chi connectivity index (χ0n) is 14.0. The number of aromatic nitrogens is 1. The van der Waals surface area contributed by atoms with E-state index in [9.17, 15) is 18.8 Å². The molecule has 0 spiro atoms. The van der Waals surface area contributed by atoms with Gasteiger partial charge in [-0.05, 0) is 25.1 Å². The summed E-state index contributed by atoms with van der Waals surface area (Å²) in [5.74, 6) is -3.10. The number of ether oxygens (including phenoxy) is 1. The number of amides is 2. The van der Waals surface area contributed by atoms with Gasteiger partial charge in [0.2, 0.25) is 5.76 Å². The molecule has 0 radical (unpaired) electrons. The third-order valence-electron chi connectivity index (χ3n) is 3.86. The minimum Gasteiger partial charge on any atom is -0.450 e. The molecule has 2 aromatic heterocycles. The number of benzene rings is 1. The number of nitrogens with zero attached hydrogens (tertiary/aromatic N) is 1. The largest absolute Gasteiger partial charge is 0.450 e. The van der Waals surface area contributed by atoms with E-state index in [1.54, 1.807) is 42.9 Å². The van der Waals surface area contributed by atoms with Gasteiger partial charge in [-0.15, -0.1) is 0 Å². The van der Waals surface area contributed by atoms with Crippen molar-refractivity contribution in [1.82, 2.24) is 9.88 Å². The van der Waals surface area contributed by atoms with E-state index in [0.29, 0.717) is 10.9 Å². The molecule has 1 aromatic carbocycles. The maximum Gasteiger partial charge on any atom is 0.375 e. The van der Waals surface area contributed by atoms with Gasteiger partial charge in [-0.2, -0.15) is 0 Å². The number of carbonyl (C=O) groups is 3. The molecule has 2 heterocycles. The number of carbonyl (C=O) groups excluding carboxylic acids is 3. The summed E-state index contributed by atoms with van der Waals surface area (Å²) in [6.45, 7) is 0.912. The summed E-state index contributed by atoms with van der Waals surface area (Å²) < 4.78 is 25.4. The molecule has 0 aliphatic heterocycles. The fourth-order valence-corrected chi connectivity index (χ4v) is 2.52. The first-order valence-corrected chi connectivity index (χ1v) is 7.68. The normalized spacial score (nSPS) is 10.7. The van der Waals surface area contributed by atoms with E-state index in [0.717, 1.165) is 0 Å². The second-order valence-electron chi connectivity index (χ2n) is 5.63. The highest BCUT2D eigenvalue weighted by Crippen LogP contribution is 2.27. The van der Waals surface area contributed by atoms with E-state index in [4.69, 9.17) is 9.15 Å². The molecule has 0 bridgehead atoms. The minimum absolute atomic E-state index is 0.0553. The molecule has 0 atom stereocenters. The van der Waals surface area contributed by atoms with Crippen LogP contribution in [0.25, 0.3) is 11.0 Å². The highest BCUT2D eigenvalue weighted by molar-refractivity contribution is 6.05. The number of fused-ring (bicyclic) bond motifs is 1. The molecule has 2 amide bonds. The molecule has 0 aliphatic carbocycles. The van der Waals surface area contributed by atoms with Crippen LogP contribution in [0.2, 0.25) is 0 Å². The van der Waals surface area contributed by atoms with Gasteiger partial charge in [0, 0.05) is 24.2 Å². The van der Waals surface area contributed by atoms with Gasteiger partial charge in [0.1, 0.15) is 5.69 Å². The Hall–Kier alpha value is -3.42. The summed E-state index contributed by atoms with van der Waals surface area (Å²) in [6, 6.07) is 7.52. The third-order valence-corrected chi connectivity index (χ3v) is 3.86.